The van der Waals surface area contributed by atoms with Crippen LogP contribution in [0.1, 0.15) is 47.0 Å². The minimum absolute atomic E-state index is 0.129. The Bertz CT molecular complexity index is 579. The fraction of sp³-hybridized carbons (Fsp3) is 0.667. The number of carbonyl (C=O) groups is 1. The first-order chi connectivity index (χ1) is 10.7. The zero-order valence-corrected chi connectivity index (χ0v) is 16.1. The van der Waals surface area contributed by atoms with Crippen LogP contribution in [0, 0.1) is 5.92 Å². The van der Waals surface area contributed by atoms with E-state index >= 15 is 0 Å². The first-order valence-electron chi connectivity index (χ1n) is 7.64. The molecule has 2 atom stereocenters. The number of nitrogens with one attached hydrogen (secondary N) is 1. The normalized spacial score (nSPS) is 21.1. The van der Waals surface area contributed by atoms with Crippen LogP contribution in [0.5, 0.6) is 0 Å². The topological polar surface area (TPSA) is 67.4 Å². The third-order valence-electron chi connectivity index (χ3n) is 3.68. The molecule has 1 N–H and O–H groups in total. The van der Waals surface area contributed by atoms with Crippen molar-refractivity contribution in [3.05, 3.63) is 16.0 Å². The van der Waals surface area contributed by atoms with Gasteiger partial charge < -0.3 is 4.74 Å². The van der Waals surface area contributed by atoms with Gasteiger partial charge in [0.05, 0.1) is 10.5 Å². The van der Waals surface area contributed by atoms with Crippen molar-refractivity contribution in [2.45, 2.75) is 58.6 Å². The van der Waals surface area contributed by atoms with Crippen molar-refractivity contribution in [3.8, 4) is 0 Å². The number of ether oxygens (including phenoxy) is 1. The Morgan fingerprint density at radius 3 is 2.74 bits per heavy atom. The average molecular weight is 406 g/mol. The molecule has 128 valence electrons. The van der Waals surface area contributed by atoms with Gasteiger partial charge in [0.25, 0.3) is 0 Å². The second-order valence-corrected chi connectivity index (χ2v) is 7.96. The number of nitrogens with zero attached hydrogens (tertiary/aromatic N) is 3. The number of amides is 1. The summed E-state index contributed by atoms with van der Waals surface area (Å²) in [5, 5.41) is 1.88. The maximum atomic E-state index is 12.2. The molecule has 0 radical (unpaired) electrons. The van der Waals surface area contributed by atoms with Crippen molar-refractivity contribution in [2.24, 2.45) is 5.92 Å². The molecule has 1 amide bonds. The monoisotopic (exact) mass is 404 g/mol. The standard InChI is InChI=1S/C15H22BrClN4O2/c1-9-6-5-7-11(9)21(20-14(22)23-15(2,3)4)12-10(16)8-18-13(17)19-12/h8-9,11H,5-7H2,1-4H3,(H,20,22)/t9-,11-/m0/s1. The van der Waals surface area contributed by atoms with Gasteiger partial charge in [-0.25, -0.2) is 15.2 Å². The van der Waals surface area contributed by atoms with Gasteiger partial charge in [-0.3, -0.25) is 5.01 Å². The Labute approximate surface area is 150 Å². The third-order valence-corrected chi connectivity index (χ3v) is 4.42. The van der Waals surface area contributed by atoms with Crippen molar-refractivity contribution < 1.29 is 9.53 Å². The largest absolute Gasteiger partial charge is 0.443 e. The van der Waals surface area contributed by atoms with Crippen LogP contribution in [-0.4, -0.2) is 27.7 Å². The van der Waals surface area contributed by atoms with Gasteiger partial charge in [-0.15, -0.1) is 0 Å². The van der Waals surface area contributed by atoms with Crippen molar-refractivity contribution in [1.29, 1.82) is 0 Å². The van der Waals surface area contributed by atoms with E-state index in [0.717, 1.165) is 19.3 Å². The molecule has 0 spiro atoms. The van der Waals surface area contributed by atoms with Crippen molar-refractivity contribution in [1.82, 2.24) is 15.4 Å². The summed E-state index contributed by atoms with van der Waals surface area (Å²) in [6.45, 7) is 7.64. The first kappa shape index (κ1) is 18.3. The second-order valence-electron chi connectivity index (χ2n) is 6.77. The van der Waals surface area contributed by atoms with E-state index in [1.807, 2.05) is 20.8 Å². The molecule has 0 unspecified atom stereocenters. The molecule has 0 aromatic carbocycles. The minimum atomic E-state index is -0.572. The molecular formula is C15H22BrClN4O2. The van der Waals surface area contributed by atoms with Crippen LogP contribution >= 0.6 is 27.5 Å². The number of hydrogen-bond acceptors (Lipinski definition) is 5. The van der Waals surface area contributed by atoms with Crippen LogP contribution in [0.15, 0.2) is 10.7 Å². The number of hydrogen-bond donors (Lipinski definition) is 1. The Balaban J connectivity index is 2.28. The molecule has 0 saturated heterocycles. The number of carbonyl (C=O) groups excluding carboxylic acids is 1. The summed E-state index contributed by atoms with van der Waals surface area (Å²) in [7, 11) is 0. The first-order valence-corrected chi connectivity index (χ1v) is 8.81. The zero-order valence-electron chi connectivity index (χ0n) is 13.8. The maximum absolute atomic E-state index is 12.2. The number of rotatable bonds is 3. The maximum Gasteiger partial charge on any atom is 0.426 e. The smallest absolute Gasteiger partial charge is 0.426 e. The van der Waals surface area contributed by atoms with E-state index in [1.165, 1.54) is 0 Å². The summed E-state index contributed by atoms with van der Waals surface area (Å²) in [6.07, 6.45) is 4.24. The molecule has 1 aliphatic carbocycles. The highest BCUT2D eigenvalue weighted by Crippen LogP contribution is 2.34. The molecule has 23 heavy (non-hydrogen) atoms. The number of aromatic nitrogens is 2. The lowest BCUT2D eigenvalue weighted by Crippen LogP contribution is -2.51. The van der Waals surface area contributed by atoms with E-state index in [2.05, 4.69) is 38.2 Å². The molecule has 1 saturated carbocycles. The molecule has 1 aliphatic rings. The molecule has 2 rings (SSSR count). The Hall–Kier alpha value is -1.08. The Kier molecular flexibility index (Phi) is 5.73. The van der Waals surface area contributed by atoms with Crippen LogP contribution in [0.4, 0.5) is 10.6 Å². The molecule has 0 aliphatic heterocycles. The van der Waals surface area contributed by atoms with Gasteiger partial charge in [-0.1, -0.05) is 13.3 Å². The molecule has 8 heteroatoms. The van der Waals surface area contributed by atoms with Crippen LogP contribution in [0.2, 0.25) is 5.28 Å². The highest BCUT2D eigenvalue weighted by molar-refractivity contribution is 9.10. The van der Waals surface area contributed by atoms with Crippen molar-refractivity contribution >= 4 is 39.4 Å². The fourth-order valence-electron chi connectivity index (χ4n) is 2.71. The van der Waals surface area contributed by atoms with E-state index in [4.69, 9.17) is 16.3 Å². The summed E-state index contributed by atoms with van der Waals surface area (Å²) >= 11 is 9.37. The van der Waals surface area contributed by atoms with Gasteiger partial charge in [0.2, 0.25) is 5.28 Å². The zero-order chi connectivity index (χ0) is 17.2. The highest BCUT2D eigenvalue weighted by atomic mass is 79.9. The van der Waals surface area contributed by atoms with Gasteiger partial charge in [-0.05, 0) is 67.1 Å². The lowest BCUT2D eigenvalue weighted by atomic mass is 10.1. The molecule has 1 fully saturated rings. The molecular weight excluding hydrogens is 384 g/mol. The summed E-state index contributed by atoms with van der Waals surface area (Å²) in [4.78, 5) is 20.4. The summed E-state index contributed by atoms with van der Waals surface area (Å²) < 4.78 is 6.04. The summed E-state index contributed by atoms with van der Waals surface area (Å²) in [5.41, 5.74) is 2.25. The summed E-state index contributed by atoms with van der Waals surface area (Å²) in [6, 6.07) is 0.129. The molecule has 0 bridgehead atoms. The van der Waals surface area contributed by atoms with E-state index in [-0.39, 0.29) is 11.3 Å². The third kappa shape index (κ3) is 4.94. The number of hydrazine groups is 1. The molecule has 1 aromatic rings. The number of halogens is 2. The van der Waals surface area contributed by atoms with Gasteiger partial charge >= 0.3 is 6.09 Å². The lowest BCUT2D eigenvalue weighted by Gasteiger charge is -2.34. The summed E-state index contributed by atoms with van der Waals surface area (Å²) in [5.74, 6) is 0.959. The van der Waals surface area contributed by atoms with Crippen LogP contribution in [0.3, 0.4) is 0 Å². The van der Waals surface area contributed by atoms with E-state index in [0.29, 0.717) is 16.2 Å². The average Bonchev–Trinajstić information content (AvgIpc) is 2.83. The van der Waals surface area contributed by atoms with E-state index < -0.39 is 11.7 Å². The second kappa shape index (κ2) is 7.21. The molecule has 1 aromatic heterocycles. The predicted octanol–water partition coefficient (Wildman–Crippen LogP) is 4.33. The lowest BCUT2D eigenvalue weighted by molar-refractivity contribution is 0.0512. The quantitative estimate of drug-likeness (QED) is 0.599. The van der Waals surface area contributed by atoms with E-state index in [9.17, 15) is 4.79 Å². The van der Waals surface area contributed by atoms with Gasteiger partial charge in [-0.2, -0.15) is 4.98 Å². The Morgan fingerprint density at radius 1 is 1.48 bits per heavy atom. The van der Waals surface area contributed by atoms with Crippen LogP contribution in [-0.2, 0) is 4.74 Å². The van der Waals surface area contributed by atoms with Gasteiger partial charge in [0.15, 0.2) is 5.82 Å². The number of anilines is 1. The molecule has 6 nitrogen and oxygen atoms in total. The van der Waals surface area contributed by atoms with Crippen LogP contribution in [0.25, 0.3) is 0 Å². The van der Waals surface area contributed by atoms with Crippen molar-refractivity contribution in [2.75, 3.05) is 5.01 Å². The van der Waals surface area contributed by atoms with Crippen LogP contribution < -0.4 is 10.4 Å². The highest BCUT2D eigenvalue weighted by Gasteiger charge is 2.33. The van der Waals surface area contributed by atoms with Crippen molar-refractivity contribution in [3.63, 3.8) is 0 Å². The van der Waals surface area contributed by atoms with E-state index in [1.54, 1.807) is 11.2 Å². The van der Waals surface area contributed by atoms with Gasteiger partial charge in [0, 0.05) is 6.20 Å². The SMILES string of the molecule is C[C@H]1CCC[C@@H]1N(NC(=O)OC(C)(C)C)c1nc(Cl)ncc1Br. The minimum Gasteiger partial charge on any atom is -0.443 e. The van der Waals surface area contributed by atoms with Gasteiger partial charge in [0.1, 0.15) is 5.60 Å². The predicted molar refractivity (Wildman–Crippen MR) is 93.4 cm³/mol. The fourth-order valence-corrected chi connectivity index (χ4v) is 3.22. The molecule has 1 heterocycles. The Morgan fingerprint density at radius 2 is 2.17 bits per heavy atom.